The summed E-state index contributed by atoms with van der Waals surface area (Å²) in [5.74, 6) is 3.87. The maximum Gasteiger partial charge on any atom is 0.109 e. The summed E-state index contributed by atoms with van der Waals surface area (Å²) in [6.07, 6.45) is 5.37. The summed E-state index contributed by atoms with van der Waals surface area (Å²) in [5.41, 5.74) is 0.119. The Labute approximate surface area is 130 Å². The summed E-state index contributed by atoms with van der Waals surface area (Å²) in [7, 11) is 0. The third-order valence-corrected chi connectivity index (χ3v) is 5.59. The minimum absolute atomic E-state index is 0.119. The standard InChI is InChI=1S/C19H33NO/c1-13-8-7-9-17(16(13)4)20-14(2)12-19(5,6)18-11-10-15(3)21-18/h10-11,13-14,16-17,20H,7-9,12H2,1-6H3/p+1/t13-,14+,16-,17+/m0/s1. The van der Waals surface area contributed by atoms with Crippen LogP contribution in [0.15, 0.2) is 16.5 Å². The van der Waals surface area contributed by atoms with E-state index in [0.717, 1.165) is 35.8 Å². The van der Waals surface area contributed by atoms with E-state index in [1.54, 1.807) is 0 Å². The highest BCUT2D eigenvalue weighted by Gasteiger charge is 2.33. The van der Waals surface area contributed by atoms with Crippen LogP contribution in [0, 0.1) is 18.8 Å². The molecule has 0 unspecified atom stereocenters. The van der Waals surface area contributed by atoms with Crippen LogP contribution in [0.1, 0.15) is 71.8 Å². The number of hydrogen-bond donors (Lipinski definition) is 1. The molecule has 1 aliphatic rings. The Morgan fingerprint density at radius 1 is 1.29 bits per heavy atom. The van der Waals surface area contributed by atoms with Crippen molar-refractivity contribution >= 4 is 0 Å². The molecule has 2 heteroatoms. The molecule has 0 aromatic carbocycles. The molecule has 21 heavy (non-hydrogen) atoms. The molecule has 4 atom stereocenters. The van der Waals surface area contributed by atoms with Gasteiger partial charge in [0.1, 0.15) is 11.5 Å². The monoisotopic (exact) mass is 292 g/mol. The molecule has 0 amide bonds. The van der Waals surface area contributed by atoms with Crippen LogP contribution in [0.2, 0.25) is 0 Å². The highest BCUT2D eigenvalue weighted by Crippen LogP contribution is 2.30. The van der Waals surface area contributed by atoms with Crippen LogP contribution in [0.5, 0.6) is 0 Å². The molecule has 1 aromatic heterocycles. The molecule has 120 valence electrons. The van der Waals surface area contributed by atoms with E-state index in [4.69, 9.17) is 4.42 Å². The van der Waals surface area contributed by atoms with Gasteiger partial charge < -0.3 is 9.73 Å². The normalized spacial score (nSPS) is 28.6. The second-order valence-corrected chi connectivity index (χ2v) is 8.10. The minimum atomic E-state index is 0.119. The van der Waals surface area contributed by atoms with Crippen molar-refractivity contribution in [3.05, 3.63) is 23.7 Å². The Hall–Kier alpha value is -0.760. The van der Waals surface area contributed by atoms with E-state index < -0.39 is 0 Å². The molecule has 2 N–H and O–H groups in total. The van der Waals surface area contributed by atoms with Crippen LogP contribution < -0.4 is 5.32 Å². The average molecular weight is 292 g/mol. The Kier molecular flexibility index (Phi) is 5.19. The number of rotatable bonds is 5. The number of quaternary nitrogens is 1. The first kappa shape index (κ1) is 16.6. The third-order valence-electron chi connectivity index (χ3n) is 5.59. The minimum Gasteiger partial charge on any atom is -0.466 e. The highest BCUT2D eigenvalue weighted by molar-refractivity contribution is 5.14. The molecule has 1 aromatic rings. The van der Waals surface area contributed by atoms with E-state index in [9.17, 15) is 0 Å². The SMILES string of the molecule is Cc1ccc(C(C)(C)C[C@@H](C)[NH2+][C@@H]2CCC[C@H](C)[C@@H]2C)o1. The van der Waals surface area contributed by atoms with Crippen molar-refractivity contribution in [2.24, 2.45) is 11.8 Å². The summed E-state index contributed by atoms with van der Waals surface area (Å²) in [6, 6.07) is 5.67. The zero-order valence-electron chi connectivity index (χ0n) is 14.8. The van der Waals surface area contributed by atoms with Gasteiger partial charge >= 0.3 is 0 Å². The second-order valence-electron chi connectivity index (χ2n) is 8.10. The lowest BCUT2D eigenvalue weighted by Crippen LogP contribution is -2.96. The number of hydrogen-bond acceptors (Lipinski definition) is 1. The molecular formula is C19H34NO+. The molecule has 2 nitrogen and oxygen atoms in total. The summed E-state index contributed by atoms with van der Waals surface area (Å²) in [5, 5.41) is 2.64. The lowest BCUT2D eigenvalue weighted by atomic mass is 9.77. The molecule has 0 bridgehead atoms. The van der Waals surface area contributed by atoms with Gasteiger partial charge in [-0.25, -0.2) is 0 Å². The van der Waals surface area contributed by atoms with E-state index in [1.807, 2.05) is 6.92 Å². The largest absolute Gasteiger partial charge is 0.466 e. The summed E-state index contributed by atoms with van der Waals surface area (Å²) >= 11 is 0. The third kappa shape index (κ3) is 4.12. The Bertz CT molecular complexity index is 448. The highest BCUT2D eigenvalue weighted by atomic mass is 16.3. The summed E-state index contributed by atoms with van der Waals surface area (Å²) in [4.78, 5) is 0. The Balaban J connectivity index is 1.93. The van der Waals surface area contributed by atoms with E-state index in [2.05, 4.69) is 52.1 Å². The van der Waals surface area contributed by atoms with Crippen molar-refractivity contribution in [2.45, 2.75) is 84.7 Å². The fourth-order valence-electron chi connectivity index (χ4n) is 4.09. The fourth-order valence-corrected chi connectivity index (χ4v) is 4.09. The van der Waals surface area contributed by atoms with Gasteiger partial charge in [-0.3, -0.25) is 0 Å². The number of nitrogens with two attached hydrogens (primary N) is 1. The lowest BCUT2D eigenvalue weighted by molar-refractivity contribution is -0.728. The summed E-state index contributed by atoms with van der Waals surface area (Å²) < 4.78 is 5.86. The van der Waals surface area contributed by atoms with Gasteiger partial charge in [0, 0.05) is 17.8 Å². The van der Waals surface area contributed by atoms with Crippen LogP contribution in [0.4, 0.5) is 0 Å². The van der Waals surface area contributed by atoms with Crippen LogP contribution >= 0.6 is 0 Å². The van der Waals surface area contributed by atoms with Crippen molar-refractivity contribution in [3.63, 3.8) is 0 Å². The van der Waals surface area contributed by atoms with Crippen molar-refractivity contribution in [1.82, 2.24) is 0 Å². The fraction of sp³-hybridized carbons (Fsp3) is 0.789. The van der Waals surface area contributed by atoms with Gasteiger partial charge in [-0.05, 0) is 51.2 Å². The average Bonchev–Trinajstić information content (AvgIpc) is 2.82. The van der Waals surface area contributed by atoms with Gasteiger partial charge in [0.05, 0.1) is 12.1 Å². The van der Waals surface area contributed by atoms with Gasteiger partial charge in [0.2, 0.25) is 0 Å². The zero-order valence-corrected chi connectivity index (χ0v) is 14.8. The molecule has 1 aliphatic carbocycles. The first-order valence-corrected chi connectivity index (χ1v) is 8.71. The van der Waals surface area contributed by atoms with Gasteiger partial charge in [0.15, 0.2) is 0 Å². The molecule has 2 rings (SSSR count). The van der Waals surface area contributed by atoms with Crippen LogP contribution in [0.25, 0.3) is 0 Å². The molecule has 1 fully saturated rings. The van der Waals surface area contributed by atoms with Crippen molar-refractivity contribution in [3.8, 4) is 0 Å². The second kappa shape index (κ2) is 6.56. The maximum absolute atomic E-state index is 5.86. The van der Waals surface area contributed by atoms with Crippen LogP contribution in [0.3, 0.4) is 0 Å². The first-order chi connectivity index (χ1) is 9.79. The molecule has 1 saturated carbocycles. The first-order valence-electron chi connectivity index (χ1n) is 8.71. The Morgan fingerprint density at radius 2 is 2.00 bits per heavy atom. The van der Waals surface area contributed by atoms with E-state index in [-0.39, 0.29) is 5.41 Å². The lowest BCUT2D eigenvalue weighted by Gasteiger charge is -2.35. The molecule has 1 heterocycles. The van der Waals surface area contributed by atoms with E-state index in [0.29, 0.717) is 6.04 Å². The molecule has 0 saturated heterocycles. The zero-order chi connectivity index (χ0) is 15.6. The predicted octanol–water partition coefficient (Wildman–Crippen LogP) is 4.03. The number of furan rings is 1. The topological polar surface area (TPSA) is 29.8 Å². The molecule has 0 radical (unpaired) electrons. The van der Waals surface area contributed by atoms with E-state index >= 15 is 0 Å². The Morgan fingerprint density at radius 3 is 2.62 bits per heavy atom. The molecule has 0 aliphatic heterocycles. The van der Waals surface area contributed by atoms with E-state index in [1.165, 1.54) is 19.3 Å². The van der Waals surface area contributed by atoms with Gasteiger partial charge in [-0.1, -0.05) is 27.7 Å². The van der Waals surface area contributed by atoms with Crippen molar-refractivity contribution in [2.75, 3.05) is 0 Å². The maximum atomic E-state index is 5.86. The van der Waals surface area contributed by atoms with Gasteiger partial charge in [0.25, 0.3) is 0 Å². The van der Waals surface area contributed by atoms with Crippen molar-refractivity contribution < 1.29 is 9.73 Å². The van der Waals surface area contributed by atoms with Crippen molar-refractivity contribution in [1.29, 1.82) is 0 Å². The van der Waals surface area contributed by atoms with Gasteiger partial charge in [-0.2, -0.15) is 0 Å². The quantitative estimate of drug-likeness (QED) is 0.872. The predicted molar refractivity (Wildman–Crippen MR) is 88.4 cm³/mol. The molecular weight excluding hydrogens is 258 g/mol. The number of aryl methyl sites for hydroxylation is 1. The van der Waals surface area contributed by atoms with Crippen LogP contribution in [-0.2, 0) is 5.41 Å². The van der Waals surface area contributed by atoms with Crippen LogP contribution in [-0.4, -0.2) is 12.1 Å². The molecule has 0 spiro atoms. The van der Waals surface area contributed by atoms with Gasteiger partial charge in [-0.15, -0.1) is 0 Å². The summed E-state index contributed by atoms with van der Waals surface area (Å²) in [6.45, 7) is 13.9. The smallest absolute Gasteiger partial charge is 0.109 e.